The van der Waals surface area contributed by atoms with E-state index in [1.165, 1.54) is 12.5 Å². The summed E-state index contributed by atoms with van der Waals surface area (Å²) in [6.07, 6.45) is 2.93. The zero-order valence-electron chi connectivity index (χ0n) is 3.46. The van der Waals surface area contributed by atoms with Gasteiger partial charge in [-0.05, 0) is 0 Å². The summed E-state index contributed by atoms with van der Waals surface area (Å²) in [5.41, 5.74) is 0. The highest BCUT2D eigenvalue weighted by Crippen LogP contribution is 1.71. The predicted octanol–water partition coefficient (Wildman–Crippen LogP) is 0.534. The van der Waals surface area contributed by atoms with Gasteiger partial charge in [-0.2, -0.15) is 5.10 Å². The van der Waals surface area contributed by atoms with Gasteiger partial charge in [0.05, 0.1) is 6.20 Å². The first-order chi connectivity index (χ1) is 3.39. The number of hydrogen-bond acceptors (Lipinski definition) is 3. The minimum absolute atomic E-state index is 0.513. The number of nitrogens with one attached hydrogen (secondary N) is 1. The summed E-state index contributed by atoms with van der Waals surface area (Å²) in [6, 6.07) is 0. The molecule has 0 amide bonds. The Kier molecular flexibility index (Phi) is 1.12. The van der Waals surface area contributed by atoms with Gasteiger partial charge in [0.1, 0.15) is 11.0 Å². The molecule has 0 spiro atoms. The fourth-order valence-electron chi connectivity index (χ4n) is 0.252. The van der Waals surface area contributed by atoms with Crippen LogP contribution in [0.1, 0.15) is 0 Å². The summed E-state index contributed by atoms with van der Waals surface area (Å²) in [5.74, 6) is 0. The fraction of sp³-hybridized carbons (Fsp3) is 0. The molecule has 3 nitrogen and oxygen atoms in total. The monoisotopic (exact) mass is 113 g/mol. The van der Waals surface area contributed by atoms with E-state index in [0.29, 0.717) is 4.64 Å². The minimum Gasteiger partial charge on any atom is -0.268 e. The van der Waals surface area contributed by atoms with Crippen molar-refractivity contribution >= 4 is 12.2 Å². The van der Waals surface area contributed by atoms with Gasteiger partial charge < -0.3 is 0 Å². The highest BCUT2D eigenvalue weighted by molar-refractivity contribution is 7.71. The van der Waals surface area contributed by atoms with E-state index in [1.54, 1.807) is 0 Å². The molecule has 0 aliphatic rings. The molecule has 1 aromatic heterocycles. The van der Waals surface area contributed by atoms with Crippen LogP contribution in [0.4, 0.5) is 0 Å². The second-order valence-electron chi connectivity index (χ2n) is 0.984. The van der Waals surface area contributed by atoms with E-state index in [1.807, 2.05) is 0 Å². The molecule has 0 bridgehead atoms. The number of rotatable bonds is 0. The lowest BCUT2D eigenvalue weighted by molar-refractivity contribution is 0.960. The van der Waals surface area contributed by atoms with Crippen molar-refractivity contribution in [1.82, 2.24) is 15.2 Å². The second kappa shape index (κ2) is 1.79. The van der Waals surface area contributed by atoms with Crippen molar-refractivity contribution in [3.63, 3.8) is 0 Å². The number of aromatic nitrogens is 3. The molecule has 36 valence electrons. The van der Waals surface area contributed by atoms with E-state index in [2.05, 4.69) is 27.4 Å². The van der Waals surface area contributed by atoms with E-state index in [-0.39, 0.29) is 0 Å². The van der Waals surface area contributed by atoms with Crippen molar-refractivity contribution in [2.24, 2.45) is 0 Å². The summed E-state index contributed by atoms with van der Waals surface area (Å²) in [6.45, 7) is 0. The fourth-order valence-corrected chi connectivity index (χ4v) is 0.357. The van der Waals surface area contributed by atoms with Crippen LogP contribution in [-0.4, -0.2) is 15.2 Å². The molecular formula is C3H3N3S. The molecular weight excluding hydrogens is 110 g/mol. The van der Waals surface area contributed by atoms with E-state index >= 15 is 0 Å². The molecule has 1 aromatic rings. The predicted molar refractivity (Wildman–Crippen MR) is 27.2 cm³/mol. The third-order valence-corrected chi connectivity index (χ3v) is 0.710. The average molecular weight is 113 g/mol. The van der Waals surface area contributed by atoms with Gasteiger partial charge in [-0.15, -0.1) is 0 Å². The Hall–Kier alpha value is -0.770. The number of H-pyrrole nitrogens is 1. The van der Waals surface area contributed by atoms with Crippen LogP contribution >= 0.6 is 12.2 Å². The van der Waals surface area contributed by atoms with Crippen molar-refractivity contribution in [2.75, 3.05) is 0 Å². The largest absolute Gasteiger partial charge is 0.268 e. The van der Waals surface area contributed by atoms with E-state index in [4.69, 9.17) is 0 Å². The van der Waals surface area contributed by atoms with Gasteiger partial charge in [-0.1, -0.05) is 12.2 Å². The Bertz CT molecular complexity index is 176. The molecule has 0 aliphatic heterocycles. The van der Waals surface area contributed by atoms with Crippen LogP contribution in [0.25, 0.3) is 0 Å². The lowest BCUT2D eigenvalue weighted by Gasteiger charge is -1.75. The van der Waals surface area contributed by atoms with Crippen LogP contribution in [0, 0.1) is 4.64 Å². The third-order valence-electron chi connectivity index (χ3n) is 0.499. The Morgan fingerprint density at radius 2 is 2.57 bits per heavy atom. The van der Waals surface area contributed by atoms with E-state index < -0.39 is 0 Å². The van der Waals surface area contributed by atoms with Gasteiger partial charge in [0, 0.05) is 0 Å². The van der Waals surface area contributed by atoms with Crippen molar-refractivity contribution < 1.29 is 0 Å². The smallest absolute Gasteiger partial charge is 0.147 e. The van der Waals surface area contributed by atoms with Crippen molar-refractivity contribution in [3.8, 4) is 0 Å². The number of aromatic amines is 1. The van der Waals surface area contributed by atoms with Crippen LogP contribution in [0.15, 0.2) is 12.5 Å². The van der Waals surface area contributed by atoms with Crippen LogP contribution in [0.5, 0.6) is 0 Å². The first-order valence-electron chi connectivity index (χ1n) is 1.75. The summed E-state index contributed by atoms with van der Waals surface area (Å²) in [5, 5.41) is 6.10. The Morgan fingerprint density at radius 1 is 1.71 bits per heavy atom. The quantitative estimate of drug-likeness (QED) is 0.499. The van der Waals surface area contributed by atoms with Crippen molar-refractivity contribution in [2.45, 2.75) is 0 Å². The zero-order valence-corrected chi connectivity index (χ0v) is 4.27. The lowest BCUT2D eigenvalue weighted by Crippen LogP contribution is -1.78. The molecule has 4 heteroatoms. The molecule has 1 rings (SSSR count). The van der Waals surface area contributed by atoms with Crippen molar-refractivity contribution in [3.05, 3.63) is 17.2 Å². The van der Waals surface area contributed by atoms with Gasteiger partial charge >= 0.3 is 0 Å². The molecule has 7 heavy (non-hydrogen) atoms. The number of nitrogens with zero attached hydrogens (tertiary/aromatic N) is 2. The molecule has 0 unspecified atom stereocenters. The van der Waals surface area contributed by atoms with Gasteiger partial charge in [0.25, 0.3) is 0 Å². The molecule has 0 aromatic carbocycles. The van der Waals surface area contributed by atoms with Crippen LogP contribution < -0.4 is 0 Å². The first kappa shape index (κ1) is 4.39. The SMILES string of the molecule is S=c1cn[nH]cn1. The maximum atomic E-state index is 4.62. The van der Waals surface area contributed by atoms with Crippen molar-refractivity contribution in [1.29, 1.82) is 0 Å². The molecule has 0 saturated carbocycles. The standard InChI is InChI=1S/C3H3N3S/c7-3-1-5-6-2-4-3/h1-2H,(H,4,6,7). The molecule has 0 atom stereocenters. The van der Waals surface area contributed by atoms with Gasteiger partial charge in [0.15, 0.2) is 0 Å². The summed E-state index contributed by atoms with van der Waals surface area (Å²) < 4.78 is 0.513. The zero-order chi connectivity index (χ0) is 5.11. The topological polar surface area (TPSA) is 41.6 Å². The van der Waals surface area contributed by atoms with E-state index in [0.717, 1.165) is 0 Å². The first-order valence-corrected chi connectivity index (χ1v) is 2.15. The van der Waals surface area contributed by atoms with Gasteiger partial charge in [-0.3, -0.25) is 5.10 Å². The third kappa shape index (κ3) is 1.04. The summed E-state index contributed by atoms with van der Waals surface area (Å²) >= 11 is 4.62. The lowest BCUT2D eigenvalue weighted by atomic mass is 10.9. The molecule has 0 saturated heterocycles. The summed E-state index contributed by atoms with van der Waals surface area (Å²) in [4.78, 5) is 3.68. The number of hydrogen-bond donors (Lipinski definition) is 1. The highest BCUT2D eigenvalue weighted by atomic mass is 32.1. The maximum absolute atomic E-state index is 4.62. The molecule has 0 radical (unpaired) electrons. The van der Waals surface area contributed by atoms with Crippen LogP contribution in [0.3, 0.4) is 0 Å². The minimum atomic E-state index is 0.513. The highest BCUT2D eigenvalue weighted by Gasteiger charge is 1.68. The molecule has 0 fully saturated rings. The normalized spacial score (nSPS) is 8.57. The Labute approximate surface area is 45.4 Å². The maximum Gasteiger partial charge on any atom is 0.147 e. The summed E-state index contributed by atoms with van der Waals surface area (Å²) in [7, 11) is 0. The Balaban J connectivity index is 3.28. The molecule has 1 N–H and O–H groups in total. The van der Waals surface area contributed by atoms with Crippen LogP contribution in [-0.2, 0) is 0 Å². The van der Waals surface area contributed by atoms with Crippen LogP contribution in [0.2, 0.25) is 0 Å². The second-order valence-corrected chi connectivity index (χ2v) is 1.40. The van der Waals surface area contributed by atoms with Gasteiger partial charge in [0.2, 0.25) is 0 Å². The molecule has 0 aliphatic carbocycles. The average Bonchev–Trinajstić information content (AvgIpc) is 1.69. The molecule has 1 heterocycles. The Morgan fingerprint density at radius 3 is 2.86 bits per heavy atom. The van der Waals surface area contributed by atoms with Gasteiger partial charge in [-0.25, -0.2) is 4.98 Å². The van der Waals surface area contributed by atoms with E-state index in [9.17, 15) is 0 Å².